The van der Waals surface area contributed by atoms with E-state index in [0.29, 0.717) is 18.8 Å². The lowest BCUT2D eigenvalue weighted by Crippen LogP contribution is -2.31. The molecule has 1 aliphatic rings. The number of carboxylic acid groups (broad SMARTS) is 1. The summed E-state index contributed by atoms with van der Waals surface area (Å²) in [5.74, 6) is -0.874. The van der Waals surface area contributed by atoms with Gasteiger partial charge in [-0.25, -0.2) is 4.98 Å². The van der Waals surface area contributed by atoms with E-state index >= 15 is 0 Å². The topological polar surface area (TPSA) is 62.2 Å². The number of aliphatic carboxylic acids is 1. The number of nitrogens with one attached hydrogen (secondary N) is 1. The molecule has 116 valence electrons. The summed E-state index contributed by atoms with van der Waals surface area (Å²) in [6.07, 6.45) is -0.267. The Bertz CT molecular complexity index is 488. The average Bonchev–Trinajstić information content (AvgIpc) is 2.45. The fourth-order valence-corrected chi connectivity index (χ4v) is 2.68. The first-order valence-corrected chi connectivity index (χ1v) is 6.88. The van der Waals surface area contributed by atoms with Crippen LogP contribution < -0.4 is 5.32 Å². The van der Waals surface area contributed by atoms with Gasteiger partial charge in [0.2, 0.25) is 0 Å². The molecule has 0 aliphatic heterocycles. The minimum absolute atomic E-state index is 0.0136. The van der Waals surface area contributed by atoms with Gasteiger partial charge in [0.15, 0.2) is 0 Å². The Kier molecular flexibility index (Phi) is 4.69. The summed E-state index contributed by atoms with van der Waals surface area (Å²) < 4.78 is 37.2. The van der Waals surface area contributed by atoms with Crippen LogP contribution in [-0.4, -0.2) is 22.6 Å². The minimum atomic E-state index is -4.40. The Morgan fingerprint density at radius 2 is 2.05 bits per heavy atom. The Balaban J connectivity index is 1.94. The molecule has 2 unspecified atom stereocenters. The molecule has 0 saturated heterocycles. The van der Waals surface area contributed by atoms with Gasteiger partial charge in [0.05, 0.1) is 11.5 Å². The maximum Gasteiger partial charge on any atom is 0.417 e. The molecule has 21 heavy (non-hydrogen) atoms. The first-order valence-electron chi connectivity index (χ1n) is 6.88. The number of nitrogens with zero attached hydrogens (tertiary/aromatic N) is 1. The lowest BCUT2D eigenvalue weighted by molar-refractivity contribution is -0.144. The van der Waals surface area contributed by atoms with Crippen molar-refractivity contribution >= 4 is 11.8 Å². The van der Waals surface area contributed by atoms with E-state index in [2.05, 4.69) is 10.3 Å². The molecule has 1 fully saturated rings. The van der Waals surface area contributed by atoms with Crippen LogP contribution in [0.1, 0.15) is 31.2 Å². The molecule has 4 nitrogen and oxygen atoms in total. The molecule has 1 saturated carbocycles. The molecular formula is C14H17F3N2O2. The number of pyridine rings is 1. The van der Waals surface area contributed by atoms with Crippen molar-refractivity contribution in [2.24, 2.45) is 11.8 Å². The summed E-state index contributed by atoms with van der Waals surface area (Å²) in [7, 11) is 0. The average molecular weight is 302 g/mol. The third-order valence-corrected chi connectivity index (χ3v) is 3.86. The quantitative estimate of drug-likeness (QED) is 0.895. The molecule has 1 aromatic rings. The van der Waals surface area contributed by atoms with Crippen LogP contribution in [0.5, 0.6) is 0 Å². The molecule has 1 heterocycles. The molecular weight excluding hydrogens is 285 g/mol. The second-order valence-electron chi connectivity index (χ2n) is 5.30. The molecule has 2 N–H and O–H groups in total. The Morgan fingerprint density at radius 1 is 1.33 bits per heavy atom. The summed E-state index contributed by atoms with van der Waals surface area (Å²) in [6, 6.07) is 2.23. The van der Waals surface area contributed by atoms with Crippen LogP contribution in [0.3, 0.4) is 0 Å². The molecule has 0 spiro atoms. The Morgan fingerprint density at radius 3 is 2.62 bits per heavy atom. The third kappa shape index (κ3) is 4.09. The highest BCUT2D eigenvalue weighted by Crippen LogP contribution is 2.31. The van der Waals surface area contributed by atoms with E-state index in [-0.39, 0.29) is 11.8 Å². The predicted octanol–water partition coefficient (Wildman–Crippen LogP) is 3.40. The maximum atomic E-state index is 12.4. The normalized spacial score (nSPS) is 22.8. The van der Waals surface area contributed by atoms with Gasteiger partial charge in [-0.2, -0.15) is 13.2 Å². The van der Waals surface area contributed by atoms with Crippen molar-refractivity contribution in [2.75, 3.05) is 11.9 Å². The zero-order valence-corrected chi connectivity index (χ0v) is 11.4. The van der Waals surface area contributed by atoms with E-state index in [4.69, 9.17) is 5.11 Å². The summed E-state index contributed by atoms with van der Waals surface area (Å²) in [5, 5.41) is 12.1. The SMILES string of the molecule is O=C(O)C1CCCCC1CNc1ccc(C(F)(F)F)cn1. The molecule has 0 amide bonds. The van der Waals surface area contributed by atoms with Crippen LogP contribution in [0, 0.1) is 11.8 Å². The summed E-state index contributed by atoms with van der Waals surface area (Å²) in [5.41, 5.74) is -0.797. The van der Waals surface area contributed by atoms with E-state index in [1.54, 1.807) is 0 Å². The largest absolute Gasteiger partial charge is 0.481 e. The molecule has 1 aromatic heterocycles. The zero-order valence-electron chi connectivity index (χ0n) is 11.4. The lowest BCUT2D eigenvalue weighted by Gasteiger charge is -2.28. The van der Waals surface area contributed by atoms with Crippen LogP contribution in [0.25, 0.3) is 0 Å². The van der Waals surface area contributed by atoms with Gasteiger partial charge in [0.25, 0.3) is 0 Å². The van der Waals surface area contributed by atoms with Crippen molar-refractivity contribution in [2.45, 2.75) is 31.9 Å². The number of halogens is 3. The van der Waals surface area contributed by atoms with Crippen LogP contribution >= 0.6 is 0 Å². The number of rotatable bonds is 4. The summed E-state index contributed by atoms with van der Waals surface area (Å²) in [4.78, 5) is 14.9. The predicted molar refractivity (Wildman–Crippen MR) is 70.8 cm³/mol. The fourth-order valence-electron chi connectivity index (χ4n) is 2.68. The second kappa shape index (κ2) is 6.32. The first kappa shape index (κ1) is 15.6. The van der Waals surface area contributed by atoms with Crippen LogP contribution in [0.4, 0.5) is 19.0 Å². The number of alkyl halides is 3. The highest BCUT2D eigenvalue weighted by Gasteiger charge is 2.32. The summed E-state index contributed by atoms with van der Waals surface area (Å²) >= 11 is 0. The summed E-state index contributed by atoms with van der Waals surface area (Å²) in [6.45, 7) is 0.412. The molecule has 7 heteroatoms. The number of hydrogen-bond donors (Lipinski definition) is 2. The van der Waals surface area contributed by atoms with Crippen molar-refractivity contribution in [3.8, 4) is 0 Å². The standard InChI is InChI=1S/C14H17F3N2O2/c15-14(16,17)10-5-6-12(19-8-10)18-7-9-3-1-2-4-11(9)13(20)21/h5-6,8-9,11H,1-4,7H2,(H,18,19)(H,20,21). The van der Waals surface area contributed by atoms with Gasteiger partial charge in [-0.1, -0.05) is 12.8 Å². The van der Waals surface area contributed by atoms with Crippen molar-refractivity contribution in [3.63, 3.8) is 0 Å². The molecule has 1 aliphatic carbocycles. The lowest BCUT2D eigenvalue weighted by atomic mass is 9.79. The van der Waals surface area contributed by atoms with E-state index in [0.717, 1.165) is 31.5 Å². The third-order valence-electron chi connectivity index (χ3n) is 3.86. The zero-order chi connectivity index (χ0) is 15.5. The van der Waals surface area contributed by atoms with Gasteiger partial charge in [0, 0.05) is 12.7 Å². The monoisotopic (exact) mass is 302 g/mol. The van der Waals surface area contributed by atoms with E-state index in [1.165, 1.54) is 6.07 Å². The first-order chi connectivity index (χ1) is 9.88. The van der Waals surface area contributed by atoms with Gasteiger partial charge in [-0.05, 0) is 30.9 Å². The smallest absolute Gasteiger partial charge is 0.417 e. The van der Waals surface area contributed by atoms with Gasteiger partial charge in [0.1, 0.15) is 5.82 Å². The van der Waals surface area contributed by atoms with Gasteiger partial charge in [-0.3, -0.25) is 4.79 Å². The van der Waals surface area contributed by atoms with Crippen molar-refractivity contribution < 1.29 is 23.1 Å². The van der Waals surface area contributed by atoms with E-state index in [1.807, 2.05) is 0 Å². The number of carbonyl (C=O) groups is 1. The number of carboxylic acids is 1. The Labute approximate surface area is 120 Å². The minimum Gasteiger partial charge on any atom is -0.481 e. The number of aromatic nitrogens is 1. The molecule has 2 rings (SSSR count). The fraction of sp³-hybridized carbons (Fsp3) is 0.571. The second-order valence-corrected chi connectivity index (χ2v) is 5.30. The number of hydrogen-bond acceptors (Lipinski definition) is 3. The Hall–Kier alpha value is -1.79. The molecule has 0 aromatic carbocycles. The van der Waals surface area contributed by atoms with Crippen LogP contribution in [0.2, 0.25) is 0 Å². The van der Waals surface area contributed by atoms with Crippen molar-refractivity contribution in [1.29, 1.82) is 0 Å². The van der Waals surface area contributed by atoms with E-state index in [9.17, 15) is 18.0 Å². The van der Waals surface area contributed by atoms with Crippen LogP contribution in [-0.2, 0) is 11.0 Å². The maximum absolute atomic E-state index is 12.4. The van der Waals surface area contributed by atoms with Gasteiger partial charge < -0.3 is 10.4 Å². The molecule has 2 atom stereocenters. The van der Waals surface area contributed by atoms with Gasteiger partial charge >= 0.3 is 12.1 Å². The van der Waals surface area contributed by atoms with Crippen molar-refractivity contribution in [1.82, 2.24) is 4.98 Å². The van der Waals surface area contributed by atoms with Crippen LogP contribution in [0.15, 0.2) is 18.3 Å². The number of anilines is 1. The highest BCUT2D eigenvalue weighted by molar-refractivity contribution is 5.70. The molecule has 0 radical (unpaired) electrons. The molecule has 0 bridgehead atoms. The van der Waals surface area contributed by atoms with E-state index < -0.39 is 17.7 Å². The highest BCUT2D eigenvalue weighted by atomic mass is 19.4. The van der Waals surface area contributed by atoms with Gasteiger partial charge in [-0.15, -0.1) is 0 Å². The van der Waals surface area contributed by atoms with Crippen molar-refractivity contribution in [3.05, 3.63) is 23.9 Å².